The molecule has 6 rings (SSSR count). The molecule has 3 heterocycles. The summed E-state index contributed by atoms with van der Waals surface area (Å²) in [6.45, 7) is 7.76. The average molecular weight is 726 g/mol. The number of aliphatic carboxylic acids is 1. The van der Waals surface area contributed by atoms with Crippen LogP contribution in [0.3, 0.4) is 0 Å². The molecule has 2 aliphatic heterocycles. The predicted octanol–water partition coefficient (Wildman–Crippen LogP) is 5.66. The van der Waals surface area contributed by atoms with Crippen molar-refractivity contribution in [1.29, 1.82) is 0 Å². The monoisotopic (exact) mass is 725 g/mol. The van der Waals surface area contributed by atoms with Crippen molar-refractivity contribution in [3.63, 3.8) is 0 Å². The molecule has 3 fully saturated rings. The first kappa shape index (κ1) is 38.2. The molecule has 52 heavy (non-hydrogen) atoms. The molecule has 3 aliphatic rings. The number of hydrogen-bond donors (Lipinski definition) is 3. The molecule has 3 aromatic rings. The predicted molar refractivity (Wildman–Crippen MR) is 182 cm³/mol. The number of aromatic nitrogens is 2. The molecule has 1 saturated carbocycles. The van der Waals surface area contributed by atoms with E-state index < -0.39 is 18.1 Å². The van der Waals surface area contributed by atoms with Gasteiger partial charge in [-0.2, -0.15) is 23.1 Å². The fourth-order valence-corrected chi connectivity index (χ4v) is 7.21. The standard InChI is InChI=1S/C35H41N5O5.C2HF3O2/c1-22-31(23(2)37-35(36-22)45-29-14-12-26(13-15-29)34(43)44)33(42)40-20-27-18-39(19-28(27)21-40)17-16-30(24-8-4-3-5-9-24)38-32(41)25-10-6-7-11-25;3-2(4,5)1(6)7/h3-5,8-9,12-15,25,27-28,30H,6-7,10-11,16-21H2,1-2H3,(H,38,41)(H,43,44);(H,6,7)/t27?,28?,30-;/m0./s1. The van der Waals surface area contributed by atoms with E-state index in [9.17, 15) is 27.6 Å². The number of carbonyl (C=O) groups excluding carboxylic acids is 2. The molecule has 3 N–H and O–H groups in total. The van der Waals surface area contributed by atoms with Gasteiger partial charge in [-0.05, 0) is 74.8 Å². The van der Waals surface area contributed by atoms with Crippen LogP contribution in [0.5, 0.6) is 11.8 Å². The molecule has 3 atom stereocenters. The zero-order valence-electron chi connectivity index (χ0n) is 28.9. The largest absolute Gasteiger partial charge is 0.490 e. The Labute approximate surface area is 299 Å². The summed E-state index contributed by atoms with van der Waals surface area (Å²) in [6, 6.07) is 16.4. The van der Waals surface area contributed by atoms with Crippen LogP contribution >= 0.6 is 0 Å². The SMILES string of the molecule is Cc1nc(Oc2ccc(C(=O)O)cc2)nc(C)c1C(=O)N1CC2CN(CC[C@H](NC(=O)C3CCCC3)c3ccccc3)CC2C1.O=C(O)C(F)(F)F. The maximum absolute atomic E-state index is 13.7. The summed E-state index contributed by atoms with van der Waals surface area (Å²) < 4.78 is 37.5. The number of carboxylic acid groups (broad SMARTS) is 2. The first-order chi connectivity index (χ1) is 24.7. The number of alkyl halides is 3. The number of likely N-dealkylation sites (tertiary alicyclic amines) is 2. The third kappa shape index (κ3) is 9.63. The fraction of sp³-hybridized carbons (Fsp3) is 0.459. The normalized spacial score (nSPS) is 19.4. The van der Waals surface area contributed by atoms with Crippen molar-refractivity contribution in [2.45, 2.75) is 58.2 Å². The number of benzene rings is 2. The molecule has 2 aromatic carbocycles. The van der Waals surface area contributed by atoms with Gasteiger partial charge in [0.2, 0.25) is 5.91 Å². The highest BCUT2D eigenvalue weighted by molar-refractivity contribution is 5.96. The second-order valence-electron chi connectivity index (χ2n) is 13.5. The number of amides is 2. The molecule has 12 nitrogen and oxygen atoms in total. The average Bonchev–Trinajstić information content (AvgIpc) is 3.85. The third-order valence-electron chi connectivity index (χ3n) is 9.84. The van der Waals surface area contributed by atoms with Crippen molar-refractivity contribution in [3.8, 4) is 11.8 Å². The minimum absolute atomic E-state index is 0.000164. The number of carboxylic acids is 2. The number of aromatic carboxylic acids is 1. The van der Waals surface area contributed by atoms with E-state index >= 15 is 0 Å². The second-order valence-corrected chi connectivity index (χ2v) is 13.5. The van der Waals surface area contributed by atoms with Gasteiger partial charge < -0.3 is 30.1 Å². The van der Waals surface area contributed by atoms with Crippen molar-refractivity contribution in [2.75, 3.05) is 32.7 Å². The van der Waals surface area contributed by atoms with Crippen molar-refractivity contribution in [1.82, 2.24) is 25.1 Å². The summed E-state index contributed by atoms with van der Waals surface area (Å²) in [7, 11) is 0. The molecule has 2 amide bonds. The van der Waals surface area contributed by atoms with Gasteiger partial charge >= 0.3 is 24.1 Å². The number of hydrogen-bond acceptors (Lipinski definition) is 8. The van der Waals surface area contributed by atoms with Crippen molar-refractivity contribution in [2.24, 2.45) is 17.8 Å². The Morgan fingerprint density at radius 3 is 1.96 bits per heavy atom. The number of nitrogens with one attached hydrogen (secondary N) is 1. The van der Waals surface area contributed by atoms with E-state index in [-0.39, 0.29) is 35.3 Å². The Bertz CT molecular complexity index is 1710. The molecular weight excluding hydrogens is 683 g/mol. The highest BCUT2D eigenvalue weighted by Crippen LogP contribution is 2.34. The lowest BCUT2D eigenvalue weighted by Gasteiger charge is -2.26. The number of halogens is 3. The number of nitrogens with zero attached hydrogens (tertiary/aromatic N) is 4. The minimum Gasteiger partial charge on any atom is -0.478 e. The molecule has 15 heteroatoms. The summed E-state index contributed by atoms with van der Waals surface area (Å²) in [5.74, 6) is -2.24. The van der Waals surface area contributed by atoms with Gasteiger partial charge in [-0.1, -0.05) is 43.2 Å². The third-order valence-corrected chi connectivity index (χ3v) is 9.84. The summed E-state index contributed by atoms with van der Waals surface area (Å²) in [5.41, 5.74) is 2.92. The maximum atomic E-state index is 13.7. The zero-order chi connectivity index (χ0) is 37.6. The van der Waals surface area contributed by atoms with E-state index in [4.69, 9.17) is 19.7 Å². The Hall–Kier alpha value is -5.05. The van der Waals surface area contributed by atoms with Crippen LogP contribution in [0, 0.1) is 31.6 Å². The van der Waals surface area contributed by atoms with Crippen LogP contribution in [0.15, 0.2) is 54.6 Å². The lowest BCUT2D eigenvalue weighted by atomic mass is 10.0. The molecule has 278 valence electrons. The van der Waals surface area contributed by atoms with Crippen LogP contribution < -0.4 is 10.1 Å². The fourth-order valence-electron chi connectivity index (χ4n) is 7.21. The molecule has 1 aromatic heterocycles. The van der Waals surface area contributed by atoms with Gasteiger partial charge in [0, 0.05) is 38.6 Å². The number of fused-ring (bicyclic) bond motifs is 1. The van der Waals surface area contributed by atoms with Gasteiger partial charge in [0.15, 0.2) is 0 Å². The molecular formula is C37H42F3N5O7. The van der Waals surface area contributed by atoms with Crippen LogP contribution in [0.2, 0.25) is 0 Å². The smallest absolute Gasteiger partial charge is 0.478 e. The molecule has 0 spiro atoms. The van der Waals surface area contributed by atoms with Gasteiger partial charge in [0.1, 0.15) is 5.75 Å². The Morgan fingerprint density at radius 1 is 0.885 bits per heavy atom. The van der Waals surface area contributed by atoms with Gasteiger partial charge in [-0.3, -0.25) is 9.59 Å². The van der Waals surface area contributed by atoms with E-state index in [1.54, 1.807) is 26.0 Å². The molecule has 1 aliphatic carbocycles. The molecule has 0 bridgehead atoms. The number of carbonyl (C=O) groups is 4. The Balaban J connectivity index is 0.000000679. The van der Waals surface area contributed by atoms with Gasteiger partial charge in [0.25, 0.3) is 5.91 Å². The first-order valence-electron chi connectivity index (χ1n) is 17.2. The van der Waals surface area contributed by atoms with Crippen LogP contribution in [0.4, 0.5) is 13.2 Å². The van der Waals surface area contributed by atoms with Crippen molar-refractivity contribution < 1.29 is 47.3 Å². The van der Waals surface area contributed by atoms with E-state index in [1.165, 1.54) is 12.1 Å². The van der Waals surface area contributed by atoms with Crippen LogP contribution in [-0.2, 0) is 9.59 Å². The van der Waals surface area contributed by atoms with Gasteiger partial charge in [-0.25, -0.2) is 9.59 Å². The minimum atomic E-state index is -5.08. The Morgan fingerprint density at radius 2 is 1.44 bits per heavy atom. The van der Waals surface area contributed by atoms with Gasteiger partial charge in [0.05, 0.1) is 28.6 Å². The lowest BCUT2D eigenvalue weighted by molar-refractivity contribution is -0.192. The summed E-state index contributed by atoms with van der Waals surface area (Å²) >= 11 is 0. The maximum Gasteiger partial charge on any atom is 0.490 e. The van der Waals surface area contributed by atoms with Gasteiger partial charge in [-0.15, -0.1) is 0 Å². The van der Waals surface area contributed by atoms with E-state index in [0.29, 0.717) is 47.6 Å². The number of rotatable bonds is 10. The zero-order valence-corrected chi connectivity index (χ0v) is 28.9. The molecule has 2 unspecified atom stereocenters. The van der Waals surface area contributed by atoms with Crippen LogP contribution in [0.1, 0.15) is 75.8 Å². The van der Waals surface area contributed by atoms with E-state index in [1.807, 2.05) is 23.1 Å². The lowest BCUT2D eigenvalue weighted by Crippen LogP contribution is -2.37. The summed E-state index contributed by atoms with van der Waals surface area (Å²) in [4.78, 5) is 59.9. The molecule has 2 saturated heterocycles. The van der Waals surface area contributed by atoms with Crippen LogP contribution in [-0.4, -0.2) is 92.6 Å². The van der Waals surface area contributed by atoms with Crippen molar-refractivity contribution in [3.05, 3.63) is 82.7 Å². The van der Waals surface area contributed by atoms with Crippen LogP contribution in [0.25, 0.3) is 0 Å². The second kappa shape index (κ2) is 16.5. The van der Waals surface area contributed by atoms with E-state index in [2.05, 4.69) is 32.3 Å². The quantitative estimate of drug-likeness (QED) is 0.238. The highest BCUT2D eigenvalue weighted by atomic mass is 19.4. The summed E-state index contributed by atoms with van der Waals surface area (Å²) in [6.07, 6.45) is 0.0425. The van der Waals surface area contributed by atoms with E-state index in [0.717, 1.165) is 57.3 Å². The molecule has 0 radical (unpaired) electrons. The number of ether oxygens (including phenoxy) is 1. The first-order valence-corrected chi connectivity index (χ1v) is 17.2. The topological polar surface area (TPSA) is 162 Å². The highest BCUT2D eigenvalue weighted by Gasteiger charge is 2.42. The number of aryl methyl sites for hydroxylation is 2. The van der Waals surface area contributed by atoms with Crippen molar-refractivity contribution >= 4 is 23.8 Å². The summed E-state index contributed by atoms with van der Waals surface area (Å²) in [5, 5.41) is 19.6. The Kier molecular flexibility index (Phi) is 12.1.